The van der Waals surface area contributed by atoms with Crippen LogP contribution in [0, 0.1) is 0 Å². The van der Waals surface area contributed by atoms with Gasteiger partial charge < -0.3 is 15.4 Å². The fraction of sp³-hybridized carbons (Fsp3) is 0.217. The predicted octanol–water partition coefficient (Wildman–Crippen LogP) is 3.69. The number of carbonyl (C=O) groups excluding carboxylic acids is 2. The van der Waals surface area contributed by atoms with Crippen molar-refractivity contribution in [3.63, 3.8) is 0 Å². The second-order valence-corrected chi connectivity index (χ2v) is 6.62. The molecular weight excluding hydrogens is 380 g/mol. The summed E-state index contributed by atoms with van der Waals surface area (Å²) >= 11 is 0. The number of carbonyl (C=O) groups is 2. The van der Waals surface area contributed by atoms with E-state index in [1.165, 1.54) is 12.4 Å². The standard InChI is InChI=1S/C23H24N4O3/c1-2-3-13-30-20-11-9-18(10-12-20)23(29)26-16-21(28)27-19-14-24-22(25-15-19)17-7-5-4-6-8-17/h4-12,14-15H,2-3,13,16H2,1H3,(H,26,29)(H,27,28). The molecule has 0 atom stereocenters. The lowest BCUT2D eigenvalue weighted by Gasteiger charge is -2.08. The average Bonchev–Trinajstić information content (AvgIpc) is 2.79. The normalized spacial score (nSPS) is 10.3. The van der Waals surface area contributed by atoms with Gasteiger partial charge in [-0.05, 0) is 30.7 Å². The number of ether oxygens (including phenoxy) is 1. The number of rotatable bonds is 9. The highest BCUT2D eigenvalue weighted by molar-refractivity contribution is 5.99. The van der Waals surface area contributed by atoms with Gasteiger partial charge in [0.15, 0.2) is 5.82 Å². The van der Waals surface area contributed by atoms with Crippen LogP contribution in [0.4, 0.5) is 5.69 Å². The second-order valence-electron chi connectivity index (χ2n) is 6.62. The molecule has 0 unspecified atom stereocenters. The fourth-order valence-corrected chi connectivity index (χ4v) is 2.63. The maximum absolute atomic E-state index is 12.2. The molecule has 7 nitrogen and oxygen atoms in total. The summed E-state index contributed by atoms with van der Waals surface area (Å²) < 4.78 is 5.57. The van der Waals surface area contributed by atoms with E-state index >= 15 is 0 Å². The van der Waals surface area contributed by atoms with Crippen molar-refractivity contribution in [2.45, 2.75) is 19.8 Å². The molecule has 0 spiro atoms. The Kier molecular flexibility index (Phi) is 7.49. The van der Waals surface area contributed by atoms with Gasteiger partial charge in [-0.15, -0.1) is 0 Å². The van der Waals surface area contributed by atoms with Crippen LogP contribution in [0.25, 0.3) is 11.4 Å². The van der Waals surface area contributed by atoms with Crippen LogP contribution in [0.15, 0.2) is 67.0 Å². The molecule has 30 heavy (non-hydrogen) atoms. The molecule has 3 aromatic rings. The number of unbranched alkanes of at least 4 members (excludes halogenated alkanes) is 1. The first-order valence-electron chi connectivity index (χ1n) is 9.84. The van der Waals surface area contributed by atoms with Crippen molar-refractivity contribution >= 4 is 17.5 Å². The molecule has 7 heteroatoms. The number of hydrogen-bond acceptors (Lipinski definition) is 5. The summed E-state index contributed by atoms with van der Waals surface area (Å²) in [5.41, 5.74) is 1.81. The Morgan fingerprint density at radius 2 is 1.67 bits per heavy atom. The first kappa shape index (κ1) is 21.0. The van der Waals surface area contributed by atoms with Crippen molar-refractivity contribution in [3.05, 3.63) is 72.6 Å². The van der Waals surface area contributed by atoms with Crippen LogP contribution >= 0.6 is 0 Å². The van der Waals surface area contributed by atoms with Crippen molar-refractivity contribution < 1.29 is 14.3 Å². The lowest BCUT2D eigenvalue weighted by molar-refractivity contribution is -0.115. The van der Waals surface area contributed by atoms with Crippen LogP contribution < -0.4 is 15.4 Å². The summed E-state index contributed by atoms with van der Waals surface area (Å²) in [7, 11) is 0. The van der Waals surface area contributed by atoms with Crippen molar-refractivity contribution in [2.24, 2.45) is 0 Å². The molecule has 0 bridgehead atoms. The summed E-state index contributed by atoms with van der Waals surface area (Å²) in [6.45, 7) is 2.59. The van der Waals surface area contributed by atoms with Gasteiger partial charge in [-0.1, -0.05) is 43.7 Å². The van der Waals surface area contributed by atoms with E-state index in [0.717, 1.165) is 24.2 Å². The summed E-state index contributed by atoms with van der Waals surface area (Å²) in [4.78, 5) is 32.8. The third-order valence-electron chi connectivity index (χ3n) is 4.26. The molecule has 2 aromatic carbocycles. The van der Waals surface area contributed by atoms with Crippen LogP contribution in [0.2, 0.25) is 0 Å². The van der Waals surface area contributed by atoms with Gasteiger partial charge >= 0.3 is 0 Å². The monoisotopic (exact) mass is 404 g/mol. The molecule has 0 aliphatic heterocycles. The number of anilines is 1. The molecule has 1 aromatic heterocycles. The highest BCUT2D eigenvalue weighted by atomic mass is 16.5. The van der Waals surface area contributed by atoms with E-state index in [4.69, 9.17) is 4.74 Å². The van der Waals surface area contributed by atoms with E-state index < -0.39 is 0 Å². The van der Waals surface area contributed by atoms with Gasteiger partial charge in [0, 0.05) is 11.1 Å². The lowest BCUT2D eigenvalue weighted by Crippen LogP contribution is -2.32. The molecule has 0 saturated heterocycles. The van der Waals surface area contributed by atoms with Gasteiger partial charge in [0.25, 0.3) is 5.91 Å². The van der Waals surface area contributed by atoms with Gasteiger partial charge in [-0.25, -0.2) is 9.97 Å². The zero-order valence-electron chi connectivity index (χ0n) is 16.8. The highest BCUT2D eigenvalue weighted by Gasteiger charge is 2.09. The van der Waals surface area contributed by atoms with E-state index in [1.54, 1.807) is 24.3 Å². The zero-order chi connectivity index (χ0) is 21.2. The third-order valence-corrected chi connectivity index (χ3v) is 4.26. The van der Waals surface area contributed by atoms with Gasteiger partial charge in [0.05, 0.1) is 31.2 Å². The Morgan fingerprint density at radius 1 is 0.967 bits per heavy atom. The van der Waals surface area contributed by atoms with E-state index in [1.807, 2.05) is 30.3 Å². The quantitative estimate of drug-likeness (QED) is 0.531. The summed E-state index contributed by atoms with van der Waals surface area (Å²) in [5.74, 6) is 0.598. The van der Waals surface area contributed by atoms with E-state index in [9.17, 15) is 9.59 Å². The van der Waals surface area contributed by atoms with Gasteiger partial charge in [0.2, 0.25) is 5.91 Å². The summed E-state index contributed by atoms with van der Waals surface area (Å²) in [6.07, 6.45) is 5.11. The molecule has 154 valence electrons. The van der Waals surface area contributed by atoms with Crippen molar-refractivity contribution in [1.29, 1.82) is 0 Å². The molecule has 2 N–H and O–H groups in total. The smallest absolute Gasteiger partial charge is 0.251 e. The van der Waals surface area contributed by atoms with Gasteiger partial charge in [-0.2, -0.15) is 0 Å². The molecule has 0 fully saturated rings. The molecule has 1 heterocycles. The van der Waals surface area contributed by atoms with E-state index in [-0.39, 0.29) is 18.4 Å². The average molecular weight is 404 g/mol. The van der Waals surface area contributed by atoms with E-state index in [0.29, 0.717) is 23.7 Å². The lowest BCUT2D eigenvalue weighted by atomic mass is 10.2. The largest absolute Gasteiger partial charge is 0.494 e. The zero-order valence-corrected chi connectivity index (χ0v) is 16.8. The van der Waals surface area contributed by atoms with E-state index in [2.05, 4.69) is 27.5 Å². The summed E-state index contributed by atoms with van der Waals surface area (Å²) in [6, 6.07) is 16.4. The second kappa shape index (κ2) is 10.7. The minimum Gasteiger partial charge on any atom is -0.494 e. The number of aromatic nitrogens is 2. The first-order valence-corrected chi connectivity index (χ1v) is 9.84. The van der Waals surface area contributed by atoms with Crippen LogP contribution in [0.3, 0.4) is 0 Å². The molecule has 2 amide bonds. The Morgan fingerprint density at radius 3 is 2.33 bits per heavy atom. The van der Waals surface area contributed by atoms with Crippen LogP contribution in [0.5, 0.6) is 5.75 Å². The predicted molar refractivity (Wildman–Crippen MR) is 115 cm³/mol. The number of nitrogens with zero attached hydrogens (tertiary/aromatic N) is 2. The van der Waals surface area contributed by atoms with Crippen LogP contribution in [-0.2, 0) is 4.79 Å². The topological polar surface area (TPSA) is 93.2 Å². The molecule has 0 saturated carbocycles. The van der Waals surface area contributed by atoms with Crippen molar-refractivity contribution in [1.82, 2.24) is 15.3 Å². The minimum absolute atomic E-state index is 0.159. The molecule has 0 radical (unpaired) electrons. The Bertz CT molecular complexity index is 958. The highest BCUT2D eigenvalue weighted by Crippen LogP contribution is 2.15. The minimum atomic E-state index is -0.362. The Balaban J connectivity index is 1.46. The number of amides is 2. The van der Waals surface area contributed by atoms with Crippen molar-refractivity contribution in [2.75, 3.05) is 18.5 Å². The SMILES string of the molecule is CCCCOc1ccc(C(=O)NCC(=O)Nc2cnc(-c3ccccc3)nc2)cc1. The van der Waals surface area contributed by atoms with Crippen molar-refractivity contribution in [3.8, 4) is 17.1 Å². The Labute approximate surface area is 175 Å². The fourth-order valence-electron chi connectivity index (χ4n) is 2.63. The third kappa shape index (κ3) is 6.13. The molecular formula is C23H24N4O3. The number of benzene rings is 2. The van der Waals surface area contributed by atoms with Gasteiger partial charge in [-0.3, -0.25) is 9.59 Å². The maximum Gasteiger partial charge on any atom is 0.251 e. The first-order chi connectivity index (χ1) is 14.7. The van der Waals surface area contributed by atoms with Crippen LogP contribution in [-0.4, -0.2) is 34.9 Å². The molecule has 0 aliphatic rings. The number of nitrogens with one attached hydrogen (secondary N) is 2. The Hall–Kier alpha value is -3.74. The number of hydrogen-bond donors (Lipinski definition) is 2. The molecule has 3 rings (SSSR count). The summed E-state index contributed by atoms with van der Waals surface area (Å²) in [5, 5.41) is 5.26. The van der Waals surface area contributed by atoms with Gasteiger partial charge in [0.1, 0.15) is 5.75 Å². The molecule has 0 aliphatic carbocycles. The maximum atomic E-state index is 12.2. The van der Waals surface area contributed by atoms with Crippen LogP contribution in [0.1, 0.15) is 30.1 Å².